The van der Waals surface area contributed by atoms with Crippen molar-refractivity contribution < 1.29 is 8.42 Å². The first-order valence-corrected chi connectivity index (χ1v) is 7.23. The quantitative estimate of drug-likeness (QED) is 0.902. The zero-order valence-electron chi connectivity index (χ0n) is 9.00. The number of anilines is 1. The lowest BCUT2D eigenvalue weighted by Gasteiger charge is -2.04. The minimum atomic E-state index is -3.87. The first-order valence-electron chi connectivity index (χ1n) is 4.57. The van der Waals surface area contributed by atoms with Crippen LogP contribution >= 0.6 is 27.5 Å². The SMILES string of the molecule is Cn1cnc(S(=O)(=O)Nc2cnc(Br)cn2)c1Cl. The second-order valence-corrected chi connectivity index (χ2v) is 6.05. The molecule has 0 radical (unpaired) electrons. The van der Waals surface area contributed by atoms with Gasteiger partial charge in [0.15, 0.2) is 5.82 Å². The van der Waals surface area contributed by atoms with Crippen LogP contribution in [0.1, 0.15) is 0 Å². The van der Waals surface area contributed by atoms with Crippen molar-refractivity contribution in [3.63, 3.8) is 0 Å². The van der Waals surface area contributed by atoms with Crippen LogP contribution in [-0.2, 0) is 17.1 Å². The summed E-state index contributed by atoms with van der Waals surface area (Å²) >= 11 is 8.92. The molecule has 0 unspecified atom stereocenters. The van der Waals surface area contributed by atoms with Crippen LogP contribution in [0.4, 0.5) is 5.82 Å². The van der Waals surface area contributed by atoms with Crippen molar-refractivity contribution in [1.29, 1.82) is 0 Å². The van der Waals surface area contributed by atoms with Crippen LogP contribution in [0.3, 0.4) is 0 Å². The largest absolute Gasteiger partial charge is 0.324 e. The fraction of sp³-hybridized carbons (Fsp3) is 0.125. The van der Waals surface area contributed by atoms with Crippen LogP contribution in [-0.4, -0.2) is 27.9 Å². The molecule has 2 rings (SSSR count). The van der Waals surface area contributed by atoms with Gasteiger partial charge in [-0.1, -0.05) is 11.6 Å². The molecular formula is C8H7BrClN5O2S. The zero-order chi connectivity index (χ0) is 13.3. The molecule has 0 aliphatic heterocycles. The Labute approximate surface area is 116 Å². The molecule has 10 heteroatoms. The summed E-state index contributed by atoms with van der Waals surface area (Å²) in [5, 5.41) is -0.232. The van der Waals surface area contributed by atoms with Crippen LogP contribution in [0.2, 0.25) is 5.15 Å². The third kappa shape index (κ3) is 2.62. The molecule has 0 saturated carbocycles. The summed E-state index contributed by atoms with van der Waals surface area (Å²) in [6.45, 7) is 0. The van der Waals surface area contributed by atoms with E-state index < -0.39 is 10.0 Å². The van der Waals surface area contributed by atoms with E-state index in [9.17, 15) is 8.42 Å². The Morgan fingerprint density at radius 1 is 1.33 bits per heavy atom. The number of sulfonamides is 1. The van der Waals surface area contributed by atoms with Gasteiger partial charge in [0.05, 0.1) is 18.7 Å². The van der Waals surface area contributed by atoms with Crippen LogP contribution in [0.15, 0.2) is 28.4 Å². The highest BCUT2D eigenvalue weighted by Gasteiger charge is 2.22. The highest BCUT2D eigenvalue weighted by molar-refractivity contribution is 9.10. The van der Waals surface area contributed by atoms with Crippen LogP contribution < -0.4 is 4.72 Å². The molecule has 0 atom stereocenters. The van der Waals surface area contributed by atoms with E-state index in [4.69, 9.17) is 11.6 Å². The predicted molar refractivity (Wildman–Crippen MR) is 68.8 cm³/mol. The monoisotopic (exact) mass is 351 g/mol. The van der Waals surface area contributed by atoms with Crippen LogP contribution in [0, 0.1) is 0 Å². The minimum absolute atomic E-state index is 0.0209. The first kappa shape index (κ1) is 13.2. The van der Waals surface area contributed by atoms with Gasteiger partial charge in [0.1, 0.15) is 9.76 Å². The number of hydrogen-bond acceptors (Lipinski definition) is 5. The van der Waals surface area contributed by atoms with E-state index in [-0.39, 0.29) is 16.0 Å². The lowest BCUT2D eigenvalue weighted by molar-refractivity contribution is 0.598. The molecule has 0 saturated heterocycles. The van der Waals surface area contributed by atoms with Gasteiger partial charge in [-0.05, 0) is 15.9 Å². The Kier molecular flexibility index (Phi) is 3.55. The van der Waals surface area contributed by atoms with Gasteiger partial charge in [-0.2, -0.15) is 8.42 Å². The van der Waals surface area contributed by atoms with E-state index in [1.165, 1.54) is 23.3 Å². The Balaban J connectivity index is 2.33. The third-order valence-corrected chi connectivity index (χ3v) is 4.20. The highest BCUT2D eigenvalue weighted by Crippen LogP contribution is 2.20. The number of hydrogen-bond donors (Lipinski definition) is 1. The molecule has 2 heterocycles. The van der Waals surface area contributed by atoms with E-state index >= 15 is 0 Å². The molecule has 0 fully saturated rings. The van der Waals surface area contributed by atoms with E-state index in [0.717, 1.165) is 0 Å². The number of nitrogens with one attached hydrogen (secondary N) is 1. The molecule has 2 aromatic heterocycles. The van der Waals surface area contributed by atoms with Gasteiger partial charge in [0.25, 0.3) is 10.0 Å². The lowest BCUT2D eigenvalue weighted by Crippen LogP contribution is -2.15. The standard InChI is InChI=1S/C8H7BrClN5O2S/c1-15-4-13-8(7(15)10)18(16,17)14-6-3-11-5(9)2-12-6/h2-4H,1H3,(H,12,14). The molecule has 0 spiro atoms. The predicted octanol–water partition coefficient (Wildman–Crippen LogP) is 1.43. The Hall–Kier alpha value is -1.19. The van der Waals surface area contributed by atoms with E-state index in [0.29, 0.717) is 4.60 Å². The fourth-order valence-electron chi connectivity index (χ4n) is 1.13. The molecule has 7 nitrogen and oxygen atoms in total. The summed E-state index contributed by atoms with van der Waals surface area (Å²) in [7, 11) is -2.28. The van der Waals surface area contributed by atoms with Gasteiger partial charge >= 0.3 is 0 Å². The van der Waals surface area contributed by atoms with Crippen LogP contribution in [0.25, 0.3) is 0 Å². The Morgan fingerprint density at radius 3 is 2.56 bits per heavy atom. The summed E-state index contributed by atoms with van der Waals surface area (Å²) in [4.78, 5) is 11.4. The van der Waals surface area contributed by atoms with Crippen molar-refractivity contribution in [2.75, 3.05) is 4.72 Å². The van der Waals surface area contributed by atoms with Gasteiger partial charge in [-0.3, -0.25) is 4.72 Å². The molecule has 0 aromatic carbocycles. The van der Waals surface area contributed by atoms with E-state index in [2.05, 4.69) is 35.6 Å². The number of halogens is 2. The van der Waals surface area contributed by atoms with E-state index in [1.54, 1.807) is 7.05 Å². The maximum atomic E-state index is 12.0. The molecule has 18 heavy (non-hydrogen) atoms. The summed E-state index contributed by atoms with van der Waals surface area (Å²) in [5.74, 6) is 0.0833. The van der Waals surface area contributed by atoms with Gasteiger partial charge in [0, 0.05) is 7.05 Å². The smallest absolute Gasteiger partial charge is 0.283 e. The van der Waals surface area contributed by atoms with Crippen molar-refractivity contribution in [1.82, 2.24) is 19.5 Å². The van der Waals surface area contributed by atoms with Gasteiger partial charge < -0.3 is 4.57 Å². The number of aromatic nitrogens is 4. The lowest BCUT2D eigenvalue weighted by atomic mass is 10.7. The second-order valence-electron chi connectivity index (χ2n) is 3.28. The molecule has 1 N–H and O–H groups in total. The van der Waals surface area contributed by atoms with Crippen molar-refractivity contribution in [3.8, 4) is 0 Å². The summed E-state index contributed by atoms with van der Waals surface area (Å²) < 4.78 is 28.1. The first-order chi connectivity index (χ1) is 8.40. The number of nitrogens with zero attached hydrogens (tertiary/aromatic N) is 4. The summed E-state index contributed by atoms with van der Waals surface area (Å²) in [6.07, 6.45) is 3.96. The fourth-order valence-corrected chi connectivity index (χ4v) is 2.76. The topological polar surface area (TPSA) is 89.8 Å². The van der Waals surface area contributed by atoms with E-state index in [1.807, 2.05) is 0 Å². The van der Waals surface area contributed by atoms with Crippen molar-refractivity contribution in [2.45, 2.75) is 5.03 Å². The highest BCUT2D eigenvalue weighted by atomic mass is 79.9. The van der Waals surface area contributed by atoms with Crippen molar-refractivity contribution >= 4 is 43.4 Å². The zero-order valence-corrected chi connectivity index (χ0v) is 12.2. The average Bonchev–Trinajstić information content (AvgIpc) is 2.63. The maximum absolute atomic E-state index is 12.0. The molecule has 2 aromatic rings. The second kappa shape index (κ2) is 4.82. The summed E-state index contributed by atoms with van der Waals surface area (Å²) in [6, 6.07) is 0. The third-order valence-electron chi connectivity index (χ3n) is 1.95. The maximum Gasteiger partial charge on any atom is 0.283 e. The minimum Gasteiger partial charge on any atom is -0.324 e. The van der Waals surface area contributed by atoms with Gasteiger partial charge in [-0.15, -0.1) is 0 Å². The Bertz CT molecular complexity index is 669. The van der Waals surface area contributed by atoms with Crippen LogP contribution in [0.5, 0.6) is 0 Å². The Morgan fingerprint density at radius 2 is 2.06 bits per heavy atom. The average molecular weight is 353 g/mol. The molecular weight excluding hydrogens is 346 g/mol. The number of rotatable bonds is 3. The molecule has 0 aliphatic carbocycles. The van der Waals surface area contributed by atoms with Gasteiger partial charge in [0.2, 0.25) is 5.03 Å². The molecule has 96 valence electrons. The molecule has 0 bridgehead atoms. The number of aryl methyl sites for hydroxylation is 1. The van der Waals surface area contributed by atoms with Crippen molar-refractivity contribution in [2.24, 2.45) is 7.05 Å². The summed E-state index contributed by atoms with van der Waals surface area (Å²) in [5.41, 5.74) is 0. The number of imidazole rings is 1. The normalized spacial score (nSPS) is 11.5. The molecule has 0 amide bonds. The van der Waals surface area contributed by atoms with Crippen molar-refractivity contribution in [3.05, 3.63) is 28.5 Å². The molecule has 0 aliphatic rings. The van der Waals surface area contributed by atoms with Gasteiger partial charge in [-0.25, -0.2) is 15.0 Å².